The number of carbonyl (C=O) groups excluding carboxylic acids is 1. The molecule has 1 atom stereocenters. The zero-order valence-electron chi connectivity index (χ0n) is 12.4. The number of nitrogens with zero attached hydrogens (tertiary/aromatic N) is 2. The van der Waals surface area contributed by atoms with Gasteiger partial charge in [0, 0.05) is 31.7 Å². The van der Waals surface area contributed by atoms with Crippen molar-refractivity contribution in [1.82, 2.24) is 10.2 Å². The third-order valence-electron chi connectivity index (χ3n) is 3.46. The fourth-order valence-corrected chi connectivity index (χ4v) is 2.33. The molecule has 0 bridgehead atoms. The van der Waals surface area contributed by atoms with Crippen molar-refractivity contribution in [2.75, 3.05) is 26.2 Å². The minimum atomic E-state index is -0.491. The Balaban J connectivity index is 0.00000242. The highest BCUT2D eigenvalue weighted by molar-refractivity contribution is 5.85. The minimum Gasteiger partial charge on any atom is -0.486 e. The molecule has 0 radical (unpaired) electrons. The lowest BCUT2D eigenvalue weighted by molar-refractivity contribution is -0.385. The highest BCUT2D eigenvalue weighted by atomic mass is 35.5. The van der Waals surface area contributed by atoms with Crippen LogP contribution in [-0.4, -0.2) is 48.0 Å². The van der Waals surface area contributed by atoms with Crippen molar-refractivity contribution in [3.05, 3.63) is 34.4 Å². The molecule has 7 nitrogen and oxygen atoms in total. The van der Waals surface area contributed by atoms with Crippen molar-refractivity contribution >= 4 is 24.0 Å². The monoisotopic (exact) mass is 329 g/mol. The van der Waals surface area contributed by atoms with Gasteiger partial charge in [-0.05, 0) is 13.0 Å². The molecular formula is C14H20ClN3O4. The fourth-order valence-electron chi connectivity index (χ4n) is 2.33. The van der Waals surface area contributed by atoms with E-state index in [9.17, 15) is 14.9 Å². The summed E-state index contributed by atoms with van der Waals surface area (Å²) in [7, 11) is 0. The van der Waals surface area contributed by atoms with Gasteiger partial charge in [0.1, 0.15) is 0 Å². The number of halogens is 1. The molecule has 8 heteroatoms. The van der Waals surface area contributed by atoms with E-state index < -0.39 is 4.92 Å². The number of hydrogen-bond acceptors (Lipinski definition) is 5. The Morgan fingerprint density at radius 3 is 2.91 bits per heavy atom. The van der Waals surface area contributed by atoms with Crippen LogP contribution in [0.3, 0.4) is 0 Å². The number of nitro groups is 1. The van der Waals surface area contributed by atoms with Crippen molar-refractivity contribution in [3.8, 4) is 5.75 Å². The van der Waals surface area contributed by atoms with E-state index in [0.717, 1.165) is 13.1 Å². The predicted octanol–water partition coefficient (Wildman–Crippen LogP) is 1.61. The van der Waals surface area contributed by atoms with Crippen LogP contribution in [0.2, 0.25) is 0 Å². The molecule has 22 heavy (non-hydrogen) atoms. The molecular weight excluding hydrogens is 310 g/mol. The first kappa shape index (κ1) is 18.2. The molecule has 0 aliphatic carbocycles. The van der Waals surface area contributed by atoms with E-state index in [1.165, 1.54) is 12.1 Å². The summed E-state index contributed by atoms with van der Waals surface area (Å²) < 4.78 is 5.39. The summed E-state index contributed by atoms with van der Waals surface area (Å²) in [5.41, 5.74) is -0.0829. The SMILES string of the molecule is CC1CNCCN1C(=O)CCOc1ccccc1[N+](=O)[O-].Cl. The maximum absolute atomic E-state index is 12.1. The molecule has 1 amide bonds. The zero-order valence-corrected chi connectivity index (χ0v) is 13.2. The summed E-state index contributed by atoms with van der Waals surface area (Å²) >= 11 is 0. The normalized spacial score (nSPS) is 17.5. The molecule has 1 unspecified atom stereocenters. The van der Waals surface area contributed by atoms with E-state index in [1.54, 1.807) is 12.1 Å². The number of para-hydroxylation sites is 2. The third-order valence-corrected chi connectivity index (χ3v) is 3.46. The molecule has 1 aromatic rings. The van der Waals surface area contributed by atoms with E-state index in [0.29, 0.717) is 6.54 Å². The van der Waals surface area contributed by atoms with E-state index in [4.69, 9.17) is 4.74 Å². The number of piperazine rings is 1. The first-order valence-corrected chi connectivity index (χ1v) is 6.96. The standard InChI is InChI=1S/C14H19N3O4.ClH/c1-11-10-15-7-8-16(11)14(18)6-9-21-13-5-3-2-4-12(13)17(19)20;/h2-5,11,15H,6-10H2,1H3;1H. The fraction of sp³-hybridized carbons (Fsp3) is 0.500. The van der Waals surface area contributed by atoms with Crippen molar-refractivity contribution in [3.63, 3.8) is 0 Å². The Hall–Kier alpha value is -1.86. The Morgan fingerprint density at radius 1 is 1.50 bits per heavy atom. The van der Waals surface area contributed by atoms with Gasteiger partial charge in [-0.15, -0.1) is 12.4 Å². The van der Waals surface area contributed by atoms with Crippen LogP contribution in [0, 0.1) is 10.1 Å². The van der Waals surface area contributed by atoms with Crippen LogP contribution >= 0.6 is 12.4 Å². The van der Waals surface area contributed by atoms with Gasteiger partial charge in [0.25, 0.3) is 0 Å². The van der Waals surface area contributed by atoms with Crippen LogP contribution in [0.25, 0.3) is 0 Å². The summed E-state index contributed by atoms with van der Waals surface area (Å²) in [4.78, 5) is 24.3. The molecule has 1 aromatic carbocycles. The highest BCUT2D eigenvalue weighted by Crippen LogP contribution is 2.25. The van der Waals surface area contributed by atoms with Gasteiger partial charge in [-0.3, -0.25) is 14.9 Å². The van der Waals surface area contributed by atoms with Gasteiger partial charge in [0.2, 0.25) is 5.91 Å². The van der Waals surface area contributed by atoms with Crippen molar-refractivity contribution in [1.29, 1.82) is 0 Å². The smallest absolute Gasteiger partial charge is 0.310 e. The average molecular weight is 330 g/mol. The maximum atomic E-state index is 12.1. The molecule has 0 aromatic heterocycles. The van der Waals surface area contributed by atoms with Crippen LogP contribution in [0.5, 0.6) is 5.75 Å². The molecule has 1 aliphatic heterocycles. The summed E-state index contributed by atoms with van der Waals surface area (Å²) in [6, 6.07) is 6.34. The second-order valence-electron chi connectivity index (χ2n) is 4.96. The third kappa shape index (κ3) is 4.57. The Morgan fingerprint density at radius 2 is 2.23 bits per heavy atom. The number of amides is 1. The molecule has 1 heterocycles. The number of ether oxygens (including phenoxy) is 1. The predicted molar refractivity (Wildman–Crippen MR) is 84.5 cm³/mol. The molecule has 1 fully saturated rings. The Bertz CT molecular complexity index is 527. The maximum Gasteiger partial charge on any atom is 0.310 e. The van der Waals surface area contributed by atoms with Crippen LogP contribution in [-0.2, 0) is 4.79 Å². The first-order chi connectivity index (χ1) is 10.1. The van der Waals surface area contributed by atoms with Gasteiger partial charge < -0.3 is 15.0 Å². The van der Waals surface area contributed by atoms with E-state index >= 15 is 0 Å². The van der Waals surface area contributed by atoms with Gasteiger partial charge >= 0.3 is 5.69 Å². The summed E-state index contributed by atoms with van der Waals surface area (Å²) in [5.74, 6) is 0.214. The Labute approximate surface area is 135 Å². The van der Waals surface area contributed by atoms with Crippen LogP contribution < -0.4 is 10.1 Å². The highest BCUT2D eigenvalue weighted by Gasteiger charge is 2.23. The lowest BCUT2D eigenvalue weighted by Crippen LogP contribution is -2.52. The molecule has 2 rings (SSSR count). The summed E-state index contributed by atoms with van der Waals surface area (Å²) in [5, 5.41) is 14.1. The first-order valence-electron chi connectivity index (χ1n) is 6.96. The second kappa shape index (κ2) is 8.55. The number of nitrogens with one attached hydrogen (secondary N) is 1. The van der Waals surface area contributed by atoms with E-state index in [1.807, 2.05) is 11.8 Å². The Kier molecular flexibility index (Phi) is 7.07. The van der Waals surface area contributed by atoms with Crippen LogP contribution in [0.15, 0.2) is 24.3 Å². The molecule has 0 saturated carbocycles. The molecule has 122 valence electrons. The van der Waals surface area contributed by atoms with E-state index in [2.05, 4.69) is 5.32 Å². The number of benzene rings is 1. The topological polar surface area (TPSA) is 84.7 Å². The number of nitro benzene ring substituents is 1. The molecule has 0 spiro atoms. The van der Waals surface area contributed by atoms with Crippen LogP contribution in [0.4, 0.5) is 5.69 Å². The second-order valence-corrected chi connectivity index (χ2v) is 4.96. The number of rotatable bonds is 5. The zero-order chi connectivity index (χ0) is 15.2. The van der Waals surface area contributed by atoms with Crippen LogP contribution in [0.1, 0.15) is 13.3 Å². The summed E-state index contributed by atoms with van der Waals surface area (Å²) in [6.45, 7) is 4.40. The minimum absolute atomic E-state index is 0. The average Bonchev–Trinajstić information content (AvgIpc) is 2.48. The largest absolute Gasteiger partial charge is 0.486 e. The molecule has 1 aliphatic rings. The van der Waals surface area contributed by atoms with Gasteiger partial charge in [0.05, 0.1) is 18.0 Å². The van der Waals surface area contributed by atoms with Gasteiger partial charge in [-0.1, -0.05) is 12.1 Å². The van der Waals surface area contributed by atoms with Gasteiger partial charge in [-0.2, -0.15) is 0 Å². The van der Waals surface area contributed by atoms with Crippen molar-refractivity contribution in [2.45, 2.75) is 19.4 Å². The van der Waals surface area contributed by atoms with Crippen molar-refractivity contribution in [2.24, 2.45) is 0 Å². The van der Waals surface area contributed by atoms with Gasteiger partial charge in [0.15, 0.2) is 5.75 Å². The lowest BCUT2D eigenvalue weighted by atomic mass is 10.2. The summed E-state index contributed by atoms with van der Waals surface area (Å²) in [6.07, 6.45) is 0.219. The molecule has 1 saturated heterocycles. The van der Waals surface area contributed by atoms with Gasteiger partial charge in [-0.25, -0.2) is 0 Å². The number of hydrogen-bond donors (Lipinski definition) is 1. The molecule has 1 N–H and O–H groups in total. The number of carbonyl (C=O) groups is 1. The lowest BCUT2D eigenvalue weighted by Gasteiger charge is -2.34. The quantitative estimate of drug-likeness (QED) is 0.655. The van der Waals surface area contributed by atoms with Crippen molar-refractivity contribution < 1.29 is 14.5 Å². The van der Waals surface area contributed by atoms with E-state index in [-0.39, 0.29) is 48.8 Å².